The molecule has 0 atom stereocenters. The number of pyridine rings is 1. The lowest BCUT2D eigenvalue weighted by atomic mass is 10.0. The van der Waals surface area contributed by atoms with Crippen molar-refractivity contribution in [1.82, 2.24) is 15.2 Å². The lowest BCUT2D eigenvalue weighted by molar-refractivity contribution is 0.188. The Morgan fingerprint density at radius 1 is 1.24 bits per heavy atom. The van der Waals surface area contributed by atoms with Crippen LogP contribution in [0.15, 0.2) is 42.6 Å². The number of hydrogen-bond acceptors (Lipinski definition) is 3. The Morgan fingerprint density at radius 3 is 2.72 bits per heavy atom. The maximum absolute atomic E-state index is 13.8. The summed E-state index contributed by atoms with van der Waals surface area (Å²) in [7, 11) is 0. The zero-order chi connectivity index (χ0) is 17.6. The Labute approximate surface area is 147 Å². The molecule has 2 heterocycles. The number of carbonyl (C=O) groups is 1. The van der Waals surface area contributed by atoms with Crippen molar-refractivity contribution in [2.24, 2.45) is 0 Å². The number of urea groups is 1. The van der Waals surface area contributed by atoms with Gasteiger partial charge in [0.1, 0.15) is 5.82 Å². The number of nitrogens with zero attached hydrogens (tertiary/aromatic N) is 2. The van der Waals surface area contributed by atoms with Gasteiger partial charge in [-0.05, 0) is 43.5 Å². The van der Waals surface area contributed by atoms with E-state index >= 15 is 0 Å². The van der Waals surface area contributed by atoms with Crippen LogP contribution in [0.2, 0.25) is 0 Å². The molecule has 0 spiro atoms. The minimum atomic E-state index is -0.416. The number of nitrogens with one attached hydrogen (secondary N) is 2. The molecule has 6 heteroatoms. The zero-order valence-electron chi connectivity index (χ0n) is 14.3. The summed E-state index contributed by atoms with van der Waals surface area (Å²) in [5.41, 5.74) is 2.01. The van der Waals surface area contributed by atoms with E-state index in [1.807, 2.05) is 18.2 Å². The highest BCUT2D eigenvalue weighted by Gasteiger charge is 2.21. The van der Waals surface area contributed by atoms with Gasteiger partial charge in [-0.15, -0.1) is 0 Å². The standard InChI is InChI=1S/C19H23FN4O/c1-14-5-4-7-17(20)18(14)23-19(25)22-15-8-11-24(12-9-15)13-16-6-2-3-10-21-16/h2-7,10,15H,8-9,11-13H2,1H3,(H2,22,23,25). The highest BCUT2D eigenvalue weighted by atomic mass is 19.1. The van der Waals surface area contributed by atoms with Gasteiger partial charge in [0.15, 0.2) is 0 Å². The fraction of sp³-hybridized carbons (Fsp3) is 0.368. The van der Waals surface area contributed by atoms with E-state index in [4.69, 9.17) is 0 Å². The first-order chi connectivity index (χ1) is 12.1. The Kier molecular flexibility index (Phi) is 5.60. The summed E-state index contributed by atoms with van der Waals surface area (Å²) >= 11 is 0. The minimum Gasteiger partial charge on any atom is -0.335 e. The molecule has 1 aliphatic rings. The van der Waals surface area contributed by atoms with E-state index in [1.165, 1.54) is 6.07 Å². The molecule has 1 fully saturated rings. The van der Waals surface area contributed by atoms with Crippen LogP contribution in [-0.4, -0.2) is 35.0 Å². The third kappa shape index (κ3) is 4.76. The molecule has 2 amide bonds. The van der Waals surface area contributed by atoms with Crippen LogP contribution in [0.1, 0.15) is 24.1 Å². The van der Waals surface area contributed by atoms with Crippen LogP contribution in [0, 0.1) is 12.7 Å². The number of halogens is 1. The van der Waals surface area contributed by atoms with Gasteiger partial charge in [0.25, 0.3) is 0 Å². The number of rotatable bonds is 4. The number of benzene rings is 1. The molecule has 1 aromatic carbocycles. The van der Waals surface area contributed by atoms with Gasteiger partial charge in [0.2, 0.25) is 0 Å². The van der Waals surface area contributed by atoms with Crippen molar-refractivity contribution >= 4 is 11.7 Å². The number of aromatic nitrogens is 1. The van der Waals surface area contributed by atoms with Crippen LogP contribution in [0.5, 0.6) is 0 Å². The lowest BCUT2D eigenvalue weighted by Gasteiger charge is -2.32. The molecule has 1 aromatic heterocycles. The van der Waals surface area contributed by atoms with Gasteiger partial charge in [-0.1, -0.05) is 18.2 Å². The third-order valence-corrected chi connectivity index (χ3v) is 4.50. The Morgan fingerprint density at radius 2 is 2.04 bits per heavy atom. The maximum atomic E-state index is 13.8. The van der Waals surface area contributed by atoms with E-state index in [0.29, 0.717) is 5.56 Å². The molecule has 2 aromatic rings. The average molecular weight is 342 g/mol. The topological polar surface area (TPSA) is 57.3 Å². The number of piperidine rings is 1. The second-order valence-corrected chi connectivity index (χ2v) is 6.40. The van der Waals surface area contributed by atoms with Gasteiger partial charge in [-0.3, -0.25) is 9.88 Å². The van der Waals surface area contributed by atoms with Gasteiger partial charge in [-0.25, -0.2) is 9.18 Å². The molecule has 132 valence electrons. The van der Waals surface area contributed by atoms with Crippen LogP contribution < -0.4 is 10.6 Å². The predicted molar refractivity (Wildman–Crippen MR) is 95.8 cm³/mol. The summed E-state index contributed by atoms with van der Waals surface area (Å²) < 4.78 is 13.8. The molecule has 0 aliphatic carbocycles. The second-order valence-electron chi connectivity index (χ2n) is 6.40. The molecule has 5 nitrogen and oxygen atoms in total. The SMILES string of the molecule is Cc1cccc(F)c1NC(=O)NC1CCN(Cc2ccccn2)CC1. The lowest BCUT2D eigenvalue weighted by Crippen LogP contribution is -2.45. The van der Waals surface area contributed by atoms with Crippen molar-refractivity contribution in [2.75, 3.05) is 18.4 Å². The van der Waals surface area contributed by atoms with Gasteiger partial charge >= 0.3 is 6.03 Å². The highest BCUT2D eigenvalue weighted by Crippen LogP contribution is 2.19. The zero-order valence-corrected chi connectivity index (χ0v) is 14.3. The number of likely N-dealkylation sites (tertiary alicyclic amines) is 1. The van der Waals surface area contributed by atoms with Crippen LogP contribution >= 0.6 is 0 Å². The van der Waals surface area contributed by atoms with E-state index in [1.54, 1.807) is 25.3 Å². The highest BCUT2D eigenvalue weighted by molar-refractivity contribution is 5.90. The normalized spacial score (nSPS) is 15.8. The summed E-state index contributed by atoms with van der Waals surface area (Å²) in [4.78, 5) is 18.8. The number of amides is 2. The molecule has 0 bridgehead atoms. The monoisotopic (exact) mass is 342 g/mol. The summed E-state index contributed by atoms with van der Waals surface area (Å²) in [6.45, 7) is 4.41. The van der Waals surface area contributed by atoms with Gasteiger partial charge in [-0.2, -0.15) is 0 Å². The van der Waals surface area contributed by atoms with Crippen LogP contribution in [-0.2, 0) is 6.54 Å². The van der Waals surface area contributed by atoms with Crippen LogP contribution in [0.4, 0.5) is 14.9 Å². The van der Waals surface area contributed by atoms with Crippen LogP contribution in [0.25, 0.3) is 0 Å². The first-order valence-corrected chi connectivity index (χ1v) is 8.57. The molecule has 0 saturated carbocycles. The minimum absolute atomic E-state index is 0.104. The quantitative estimate of drug-likeness (QED) is 0.896. The molecule has 0 unspecified atom stereocenters. The molecule has 0 radical (unpaired) electrons. The Balaban J connectivity index is 1.46. The van der Waals surface area contributed by atoms with Crippen molar-refractivity contribution in [3.63, 3.8) is 0 Å². The van der Waals surface area contributed by atoms with Gasteiger partial charge in [0, 0.05) is 31.9 Å². The average Bonchev–Trinajstić information content (AvgIpc) is 2.61. The van der Waals surface area contributed by atoms with Crippen molar-refractivity contribution in [1.29, 1.82) is 0 Å². The summed E-state index contributed by atoms with van der Waals surface area (Å²) in [5, 5.41) is 5.58. The summed E-state index contributed by atoms with van der Waals surface area (Å²) in [6.07, 6.45) is 3.55. The number of carbonyl (C=O) groups excluding carboxylic acids is 1. The smallest absolute Gasteiger partial charge is 0.319 e. The first-order valence-electron chi connectivity index (χ1n) is 8.57. The van der Waals surface area contributed by atoms with Crippen molar-refractivity contribution in [3.8, 4) is 0 Å². The molecular formula is C19H23FN4O. The van der Waals surface area contributed by atoms with E-state index in [0.717, 1.165) is 38.2 Å². The molecular weight excluding hydrogens is 319 g/mol. The fourth-order valence-corrected chi connectivity index (χ4v) is 3.08. The largest absolute Gasteiger partial charge is 0.335 e. The second kappa shape index (κ2) is 8.07. The van der Waals surface area contributed by atoms with Crippen LogP contribution in [0.3, 0.4) is 0 Å². The summed E-state index contributed by atoms with van der Waals surface area (Å²) in [6, 6.07) is 10.4. The van der Waals surface area contributed by atoms with Gasteiger partial charge in [0.05, 0.1) is 11.4 Å². The molecule has 2 N–H and O–H groups in total. The first kappa shape index (κ1) is 17.4. The molecule has 25 heavy (non-hydrogen) atoms. The Hall–Kier alpha value is -2.47. The van der Waals surface area contributed by atoms with E-state index in [9.17, 15) is 9.18 Å². The molecule has 1 aliphatic heterocycles. The molecule has 1 saturated heterocycles. The van der Waals surface area contributed by atoms with E-state index in [-0.39, 0.29) is 17.8 Å². The summed E-state index contributed by atoms with van der Waals surface area (Å²) in [5.74, 6) is -0.416. The van der Waals surface area contributed by atoms with Gasteiger partial charge < -0.3 is 10.6 Å². The van der Waals surface area contributed by atoms with Crippen molar-refractivity contribution in [2.45, 2.75) is 32.4 Å². The fourth-order valence-electron chi connectivity index (χ4n) is 3.08. The van der Waals surface area contributed by atoms with Crippen molar-refractivity contribution in [3.05, 3.63) is 59.7 Å². The van der Waals surface area contributed by atoms with E-state index in [2.05, 4.69) is 20.5 Å². The molecule has 3 rings (SSSR count). The number of aryl methyl sites for hydroxylation is 1. The third-order valence-electron chi connectivity index (χ3n) is 4.50. The number of anilines is 1. The number of para-hydroxylation sites is 1. The van der Waals surface area contributed by atoms with Crippen molar-refractivity contribution < 1.29 is 9.18 Å². The number of hydrogen-bond donors (Lipinski definition) is 2. The maximum Gasteiger partial charge on any atom is 0.319 e. The predicted octanol–water partition coefficient (Wildman–Crippen LogP) is 3.32. The Bertz CT molecular complexity index is 694. The van der Waals surface area contributed by atoms with E-state index < -0.39 is 5.82 Å².